The van der Waals surface area contributed by atoms with Crippen molar-refractivity contribution in [2.24, 2.45) is 5.73 Å². The molecule has 0 aromatic heterocycles. The topological polar surface area (TPSA) is 87.9 Å². The van der Waals surface area contributed by atoms with Crippen molar-refractivity contribution in [3.8, 4) is 5.75 Å². The van der Waals surface area contributed by atoms with Gasteiger partial charge in [-0.1, -0.05) is 41.9 Å². The average molecular weight is 402 g/mol. The van der Waals surface area contributed by atoms with Gasteiger partial charge in [-0.3, -0.25) is 5.73 Å². The molecule has 0 radical (unpaired) electrons. The summed E-state index contributed by atoms with van der Waals surface area (Å²) in [6.07, 6.45) is 0.201. The normalized spacial score (nSPS) is 19.4. The molecule has 1 heterocycles. The zero-order valence-corrected chi connectivity index (χ0v) is 16.3. The molecule has 2 aromatic rings. The van der Waals surface area contributed by atoms with Crippen molar-refractivity contribution in [2.75, 3.05) is 13.7 Å². The summed E-state index contributed by atoms with van der Waals surface area (Å²) in [6, 6.07) is 14.2. The van der Waals surface area contributed by atoms with Crippen molar-refractivity contribution in [1.82, 2.24) is 0 Å². The van der Waals surface area contributed by atoms with Gasteiger partial charge in [0.05, 0.1) is 19.3 Å². The van der Waals surface area contributed by atoms with Crippen LogP contribution in [0.1, 0.15) is 18.1 Å². The standard InChI is InChI=1S/C21H20ClNO5/c1-3-27-20(25)21(23)18(15-10-9-14(22)12-17(15)28-21)16(19(24)26-2)11-13-7-5-4-6-8-13/h4-10,12H,3,11,23H2,1-2H3/b18-16-. The van der Waals surface area contributed by atoms with Crippen molar-refractivity contribution in [1.29, 1.82) is 0 Å². The monoisotopic (exact) mass is 401 g/mol. The molecule has 7 heteroatoms. The fraction of sp³-hybridized carbons (Fsp3) is 0.238. The molecule has 28 heavy (non-hydrogen) atoms. The van der Waals surface area contributed by atoms with Crippen molar-refractivity contribution < 1.29 is 23.8 Å². The smallest absolute Gasteiger partial charge is 0.371 e. The lowest BCUT2D eigenvalue weighted by Gasteiger charge is -2.25. The van der Waals surface area contributed by atoms with E-state index in [2.05, 4.69) is 0 Å². The first kappa shape index (κ1) is 19.9. The maximum absolute atomic E-state index is 12.7. The van der Waals surface area contributed by atoms with Crippen LogP contribution in [-0.4, -0.2) is 31.4 Å². The van der Waals surface area contributed by atoms with Gasteiger partial charge in [-0.2, -0.15) is 0 Å². The number of halogens is 1. The SMILES string of the molecule is CCOC(=O)C1(N)Oc2cc(Cl)ccc2/C1=C(\Cc1ccccc1)C(=O)OC. The van der Waals surface area contributed by atoms with Crippen LogP contribution in [0.2, 0.25) is 5.02 Å². The first-order valence-electron chi connectivity index (χ1n) is 8.71. The molecule has 1 aliphatic heterocycles. The van der Waals surface area contributed by atoms with Gasteiger partial charge >= 0.3 is 11.9 Å². The van der Waals surface area contributed by atoms with Gasteiger partial charge in [-0.05, 0) is 30.7 Å². The third-order valence-corrected chi connectivity index (χ3v) is 4.63. The molecular weight excluding hydrogens is 382 g/mol. The van der Waals surface area contributed by atoms with Gasteiger partial charge in [0.1, 0.15) is 5.75 Å². The Hall–Kier alpha value is -2.83. The van der Waals surface area contributed by atoms with Gasteiger partial charge in [0.15, 0.2) is 0 Å². The molecule has 6 nitrogen and oxygen atoms in total. The van der Waals surface area contributed by atoms with Gasteiger partial charge in [-0.15, -0.1) is 0 Å². The second-order valence-corrected chi connectivity index (χ2v) is 6.64. The Bertz CT molecular complexity index is 941. The molecule has 146 valence electrons. The molecule has 1 atom stereocenters. The molecule has 1 aliphatic rings. The lowest BCUT2D eigenvalue weighted by Crippen LogP contribution is -2.53. The Morgan fingerprint density at radius 1 is 1.18 bits per heavy atom. The van der Waals surface area contributed by atoms with E-state index < -0.39 is 17.7 Å². The summed E-state index contributed by atoms with van der Waals surface area (Å²) < 4.78 is 15.9. The lowest BCUT2D eigenvalue weighted by molar-refractivity contribution is -0.155. The highest BCUT2D eigenvalue weighted by atomic mass is 35.5. The average Bonchev–Trinajstić information content (AvgIpc) is 2.98. The largest absolute Gasteiger partial charge is 0.466 e. The van der Waals surface area contributed by atoms with Gasteiger partial charge < -0.3 is 14.2 Å². The van der Waals surface area contributed by atoms with Crippen LogP contribution in [0.25, 0.3) is 5.57 Å². The number of hydrogen-bond donors (Lipinski definition) is 1. The number of fused-ring (bicyclic) bond motifs is 1. The Labute approximate surface area is 167 Å². The molecule has 0 amide bonds. The second kappa shape index (κ2) is 8.04. The highest BCUT2D eigenvalue weighted by Gasteiger charge is 2.51. The number of methoxy groups -OCH3 is 1. The van der Waals surface area contributed by atoms with Crippen molar-refractivity contribution in [3.63, 3.8) is 0 Å². The van der Waals surface area contributed by atoms with E-state index in [-0.39, 0.29) is 24.2 Å². The molecule has 1 unspecified atom stereocenters. The quantitative estimate of drug-likeness (QED) is 0.611. The van der Waals surface area contributed by atoms with Crippen LogP contribution in [0.15, 0.2) is 54.1 Å². The fourth-order valence-corrected chi connectivity index (χ4v) is 3.33. The van der Waals surface area contributed by atoms with Gasteiger partial charge in [-0.25, -0.2) is 9.59 Å². The highest BCUT2D eigenvalue weighted by Crippen LogP contribution is 2.45. The van der Waals surface area contributed by atoms with E-state index in [9.17, 15) is 9.59 Å². The van der Waals surface area contributed by atoms with Crippen LogP contribution in [0.5, 0.6) is 5.75 Å². The number of benzene rings is 2. The van der Waals surface area contributed by atoms with Gasteiger partial charge in [0.25, 0.3) is 5.72 Å². The summed E-state index contributed by atoms with van der Waals surface area (Å²) in [5.41, 5.74) is 6.17. The summed E-state index contributed by atoms with van der Waals surface area (Å²) >= 11 is 6.06. The molecule has 2 N–H and O–H groups in total. The minimum atomic E-state index is -1.98. The van der Waals surface area contributed by atoms with E-state index in [4.69, 9.17) is 31.5 Å². The molecule has 0 spiro atoms. The maximum atomic E-state index is 12.7. The number of esters is 2. The number of rotatable bonds is 5. The third kappa shape index (κ3) is 3.61. The molecule has 0 saturated heterocycles. The highest BCUT2D eigenvalue weighted by molar-refractivity contribution is 6.30. The maximum Gasteiger partial charge on any atom is 0.371 e. The summed E-state index contributed by atoms with van der Waals surface area (Å²) in [4.78, 5) is 25.4. The zero-order chi connectivity index (χ0) is 20.3. The summed E-state index contributed by atoms with van der Waals surface area (Å²) in [7, 11) is 1.27. The van der Waals surface area contributed by atoms with Crippen LogP contribution in [0, 0.1) is 0 Å². The van der Waals surface area contributed by atoms with Gasteiger partial charge in [0, 0.05) is 22.6 Å². The predicted molar refractivity (Wildman–Crippen MR) is 105 cm³/mol. The van der Waals surface area contributed by atoms with Crippen LogP contribution < -0.4 is 10.5 Å². The number of ether oxygens (including phenoxy) is 3. The molecule has 0 aliphatic carbocycles. The summed E-state index contributed by atoms with van der Waals surface area (Å²) in [5, 5.41) is 0.411. The predicted octanol–water partition coefficient (Wildman–Crippen LogP) is 3.12. The Morgan fingerprint density at radius 2 is 1.89 bits per heavy atom. The minimum Gasteiger partial charge on any atom is -0.466 e. The third-order valence-electron chi connectivity index (χ3n) is 4.39. The van der Waals surface area contributed by atoms with E-state index in [1.807, 2.05) is 30.3 Å². The Morgan fingerprint density at radius 3 is 2.54 bits per heavy atom. The van der Waals surface area contributed by atoms with E-state index in [1.54, 1.807) is 25.1 Å². The second-order valence-electron chi connectivity index (χ2n) is 6.21. The first-order valence-corrected chi connectivity index (χ1v) is 9.09. The number of nitrogens with two attached hydrogens (primary N) is 1. The summed E-state index contributed by atoms with van der Waals surface area (Å²) in [6.45, 7) is 1.77. The van der Waals surface area contributed by atoms with E-state index in [0.29, 0.717) is 16.3 Å². The Kier molecular flexibility index (Phi) is 5.72. The number of carbonyl (C=O) groups excluding carboxylic acids is 2. The summed E-state index contributed by atoms with van der Waals surface area (Å²) in [5.74, 6) is -1.11. The minimum absolute atomic E-state index is 0.109. The lowest BCUT2D eigenvalue weighted by atomic mass is 9.89. The molecule has 0 saturated carbocycles. The van der Waals surface area contributed by atoms with E-state index >= 15 is 0 Å². The zero-order valence-electron chi connectivity index (χ0n) is 15.5. The molecule has 2 aromatic carbocycles. The molecular formula is C21H20ClNO5. The van der Waals surface area contributed by atoms with Crippen LogP contribution in [0.3, 0.4) is 0 Å². The van der Waals surface area contributed by atoms with E-state index in [1.165, 1.54) is 7.11 Å². The molecule has 3 rings (SSSR count). The van der Waals surface area contributed by atoms with Crippen molar-refractivity contribution in [2.45, 2.75) is 19.1 Å². The van der Waals surface area contributed by atoms with Crippen LogP contribution in [-0.2, 0) is 25.5 Å². The molecule has 0 bridgehead atoms. The van der Waals surface area contributed by atoms with Crippen molar-refractivity contribution >= 4 is 29.1 Å². The fourth-order valence-electron chi connectivity index (χ4n) is 3.17. The van der Waals surface area contributed by atoms with Gasteiger partial charge in [0.2, 0.25) is 0 Å². The van der Waals surface area contributed by atoms with Crippen molar-refractivity contribution in [3.05, 3.63) is 70.3 Å². The first-order chi connectivity index (χ1) is 13.4. The molecule has 0 fully saturated rings. The van der Waals surface area contributed by atoms with Crippen LogP contribution >= 0.6 is 11.6 Å². The van der Waals surface area contributed by atoms with E-state index in [0.717, 1.165) is 5.56 Å². The van der Waals surface area contributed by atoms with Crippen LogP contribution in [0.4, 0.5) is 0 Å². The number of carbonyl (C=O) groups is 2. The number of hydrogen-bond acceptors (Lipinski definition) is 6. The Balaban J connectivity index is 2.25.